The lowest BCUT2D eigenvalue weighted by molar-refractivity contribution is -0.161. The number of carbonyl (C=O) groups excluding carboxylic acids is 4. The van der Waals surface area contributed by atoms with E-state index in [0.717, 1.165) is 102 Å². The van der Waals surface area contributed by atoms with E-state index in [1.807, 2.05) is 0 Å². The number of hydrogen-bond donors (Lipinski definition) is 3. The van der Waals surface area contributed by atoms with E-state index in [1.54, 1.807) is 0 Å². The smallest absolute Gasteiger partial charge is 0.462 e. The zero-order chi connectivity index (χ0) is 72.8. The molecule has 0 aromatic heterocycles. The molecule has 0 aliphatic heterocycles. The Labute approximate surface area is 607 Å². The van der Waals surface area contributed by atoms with E-state index in [9.17, 15) is 43.2 Å². The first kappa shape index (κ1) is 97.1. The highest BCUT2D eigenvalue weighted by Crippen LogP contribution is 2.45. The molecule has 19 heteroatoms. The Hall–Kier alpha value is -1.94. The van der Waals surface area contributed by atoms with Crippen molar-refractivity contribution in [2.45, 2.75) is 439 Å². The summed E-state index contributed by atoms with van der Waals surface area (Å²) in [6.45, 7) is 9.54. The fourth-order valence-electron chi connectivity index (χ4n) is 12.4. The average Bonchev–Trinajstić information content (AvgIpc) is 1.41. The third-order valence-corrected chi connectivity index (χ3v) is 20.6. The maximum Gasteiger partial charge on any atom is 0.472 e. The monoisotopic (exact) mass is 1450 g/mol. The van der Waals surface area contributed by atoms with E-state index in [1.165, 1.54) is 231 Å². The molecule has 0 spiro atoms. The molecule has 3 N–H and O–H groups in total. The Morgan fingerprint density at radius 3 is 0.687 bits per heavy atom. The number of carbonyl (C=O) groups is 4. The van der Waals surface area contributed by atoms with E-state index in [4.69, 9.17) is 37.0 Å². The van der Waals surface area contributed by atoms with Crippen LogP contribution in [0.15, 0.2) is 0 Å². The zero-order valence-corrected chi connectivity index (χ0v) is 66.6. The van der Waals surface area contributed by atoms with Gasteiger partial charge in [-0.1, -0.05) is 369 Å². The lowest BCUT2D eigenvalue weighted by atomic mass is 10.0. The van der Waals surface area contributed by atoms with Crippen LogP contribution in [0.5, 0.6) is 0 Å². The van der Waals surface area contributed by atoms with Gasteiger partial charge in [0.2, 0.25) is 0 Å². The maximum atomic E-state index is 13.1. The highest BCUT2D eigenvalue weighted by atomic mass is 31.2. The SMILES string of the molecule is CCCCCCCCCCCCCCCCCCCCCCCCC(=O)O[C@H](COC(=O)CCCCCCCCCCCCCC(C)C)COP(=O)(O)OC[C@@H](O)COP(=O)(O)OC[C@@H](COC(=O)CCCCCCCCC(C)C)OC(=O)CCCCCCCCCCCCCCCC. The molecule has 99 heavy (non-hydrogen) atoms. The molecule has 588 valence electrons. The van der Waals surface area contributed by atoms with Gasteiger partial charge in [0.15, 0.2) is 12.2 Å². The van der Waals surface area contributed by atoms with E-state index >= 15 is 0 Å². The van der Waals surface area contributed by atoms with Crippen molar-refractivity contribution >= 4 is 39.5 Å². The quantitative estimate of drug-likeness (QED) is 0.0222. The average molecular weight is 1450 g/mol. The van der Waals surface area contributed by atoms with Crippen molar-refractivity contribution in [1.29, 1.82) is 0 Å². The minimum atomic E-state index is -4.96. The lowest BCUT2D eigenvalue weighted by Gasteiger charge is -2.21. The third kappa shape index (κ3) is 74.1. The second kappa shape index (κ2) is 71.7. The summed E-state index contributed by atoms with van der Waals surface area (Å²) in [7, 11) is -9.92. The number of aliphatic hydroxyl groups is 1. The van der Waals surface area contributed by atoms with Crippen LogP contribution in [0.4, 0.5) is 0 Å². The van der Waals surface area contributed by atoms with Crippen LogP contribution in [0.25, 0.3) is 0 Å². The van der Waals surface area contributed by atoms with Gasteiger partial charge in [0.1, 0.15) is 19.3 Å². The van der Waals surface area contributed by atoms with E-state index in [0.29, 0.717) is 31.6 Å². The standard InChI is InChI=1S/C80H156O17P2/c1-7-9-11-13-15-17-19-21-23-24-25-26-27-28-29-30-32-36-41-45-53-59-65-79(84)96-75(68-90-77(82)62-56-50-43-39-37-33-34-38-42-48-54-60-72(3)4)70-94-98(86,87)92-66-74(81)67-93-99(88,89)95-71-76(69-91-78(83)63-57-51-47-46-49-55-61-73(5)6)97-80(85)64-58-52-44-40-35-31-22-20-18-16-14-12-10-8-2/h72-76,81H,7-71H2,1-6H3,(H,86,87)(H,88,89)/t74-,75-,76-/m1/s1. The van der Waals surface area contributed by atoms with E-state index in [-0.39, 0.29) is 25.7 Å². The number of phosphoric ester groups is 2. The van der Waals surface area contributed by atoms with Gasteiger partial charge in [0, 0.05) is 25.7 Å². The molecule has 0 bridgehead atoms. The Bertz CT molecular complexity index is 1910. The molecule has 5 atom stereocenters. The minimum Gasteiger partial charge on any atom is -0.462 e. The molecule has 0 fully saturated rings. The normalized spacial score (nSPS) is 13.9. The Morgan fingerprint density at radius 2 is 0.465 bits per heavy atom. The van der Waals surface area contributed by atoms with Crippen LogP contribution in [-0.2, 0) is 65.4 Å². The van der Waals surface area contributed by atoms with Gasteiger partial charge in [0.25, 0.3) is 0 Å². The van der Waals surface area contributed by atoms with Gasteiger partial charge in [-0.25, -0.2) is 9.13 Å². The van der Waals surface area contributed by atoms with Gasteiger partial charge >= 0.3 is 39.5 Å². The molecule has 0 aromatic rings. The Kier molecular flexibility index (Phi) is 70.3. The number of hydrogen-bond acceptors (Lipinski definition) is 15. The summed E-state index contributed by atoms with van der Waals surface area (Å²) in [5.41, 5.74) is 0. The highest BCUT2D eigenvalue weighted by molar-refractivity contribution is 7.47. The molecule has 0 rings (SSSR count). The first-order valence-corrected chi connectivity index (χ1v) is 44.5. The van der Waals surface area contributed by atoms with Crippen LogP contribution in [0.3, 0.4) is 0 Å². The number of aliphatic hydroxyl groups excluding tert-OH is 1. The number of ether oxygens (including phenoxy) is 4. The number of phosphoric acid groups is 2. The van der Waals surface area contributed by atoms with Gasteiger partial charge in [0.05, 0.1) is 26.4 Å². The van der Waals surface area contributed by atoms with Gasteiger partial charge < -0.3 is 33.8 Å². The number of unbranched alkanes of at least 4 members (excludes halogenated alkanes) is 49. The van der Waals surface area contributed by atoms with E-state index < -0.39 is 97.5 Å². The summed E-state index contributed by atoms with van der Waals surface area (Å²) in [6, 6.07) is 0. The topological polar surface area (TPSA) is 237 Å². The van der Waals surface area contributed by atoms with Crippen LogP contribution >= 0.6 is 15.6 Å². The third-order valence-electron chi connectivity index (χ3n) is 18.7. The molecule has 0 aliphatic carbocycles. The van der Waals surface area contributed by atoms with Crippen LogP contribution < -0.4 is 0 Å². The summed E-state index contributed by atoms with van der Waals surface area (Å²) in [4.78, 5) is 72.9. The molecular formula is C80H156O17P2. The van der Waals surface area contributed by atoms with Gasteiger partial charge in [-0.05, 0) is 37.5 Å². The van der Waals surface area contributed by atoms with Crippen molar-refractivity contribution in [2.24, 2.45) is 11.8 Å². The van der Waals surface area contributed by atoms with Crippen molar-refractivity contribution < 1.29 is 80.2 Å². The fourth-order valence-corrected chi connectivity index (χ4v) is 13.9. The predicted molar refractivity (Wildman–Crippen MR) is 405 cm³/mol. The van der Waals surface area contributed by atoms with Crippen molar-refractivity contribution in [3.63, 3.8) is 0 Å². The molecular weight excluding hydrogens is 1290 g/mol. The Morgan fingerprint density at radius 1 is 0.273 bits per heavy atom. The summed E-state index contributed by atoms with van der Waals surface area (Å²) in [5.74, 6) is -0.662. The first-order valence-electron chi connectivity index (χ1n) is 41.5. The second-order valence-electron chi connectivity index (χ2n) is 29.8. The second-order valence-corrected chi connectivity index (χ2v) is 32.7. The van der Waals surface area contributed by atoms with Gasteiger partial charge in [-0.15, -0.1) is 0 Å². The predicted octanol–water partition coefficient (Wildman–Crippen LogP) is 23.9. The summed E-state index contributed by atoms with van der Waals surface area (Å²) >= 11 is 0. The minimum absolute atomic E-state index is 0.107. The molecule has 0 saturated carbocycles. The van der Waals surface area contributed by atoms with E-state index in [2.05, 4.69) is 41.5 Å². The lowest BCUT2D eigenvalue weighted by Crippen LogP contribution is -2.30. The van der Waals surface area contributed by atoms with Crippen LogP contribution in [-0.4, -0.2) is 96.7 Å². The van der Waals surface area contributed by atoms with Gasteiger partial charge in [-0.3, -0.25) is 37.3 Å². The maximum absolute atomic E-state index is 13.1. The molecule has 0 amide bonds. The number of esters is 4. The zero-order valence-electron chi connectivity index (χ0n) is 64.8. The highest BCUT2D eigenvalue weighted by Gasteiger charge is 2.30. The van der Waals surface area contributed by atoms with Gasteiger partial charge in [-0.2, -0.15) is 0 Å². The van der Waals surface area contributed by atoms with Crippen molar-refractivity contribution in [3.8, 4) is 0 Å². The molecule has 0 saturated heterocycles. The largest absolute Gasteiger partial charge is 0.472 e. The fraction of sp³-hybridized carbons (Fsp3) is 0.950. The first-order chi connectivity index (χ1) is 47.9. The van der Waals surface area contributed by atoms with Crippen LogP contribution in [0, 0.1) is 11.8 Å². The molecule has 0 radical (unpaired) electrons. The van der Waals surface area contributed by atoms with Crippen LogP contribution in [0.1, 0.15) is 420 Å². The van der Waals surface area contributed by atoms with Crippen LogP contribution in [0.2, 0.25) is 0 Å². The number of rotatable bonds is 79. The summed E-state index contributed by atoms with van der Waals surface area (Å²) in [5, 5.41) is 10.6. The molecule has 0 aliphatic rings. The van der Waals surface area contributed by atoms with Crippen molar-refractivity contribution in [1.82, 2.24) is 0 Å². The van der Waals surface area contributed by atoms with Crippen molar-refractivity contribution in [3.05, 3.63) is 0 Å². The van der Waals surface area contributed by atoms with Crippen molar-refractivity contribution in [2.75, 3.05) is 39.6 Å². The molecule has 17 nitrogen and oxygen atoms in total. The molecule has 0 heterocycles. The Balaban J connectivity index is 5.19. The summed E-state index contributed by atoms with van der Waals surface area (Å²) < 4.78 is 68.6. The molecule has 2 unspecified atom stereocenters. The molecule has 0 aromatic carbocycles. The summed E-state index contributed by atoms with van der Waals surface area (Å²) in [6.07, 6.45) is 61.3.